The van der Waals surface area contributed by atoms with Gasteiger partial charge in [0.15, 0.2) is 0 Å². The lowest BCUT2D eigenvalue weighted by Crippen LogP contribution is -2.42. The van der Waals surface area contributed by atoms with Crippen LogP contribution in [0.1, 0.15) is 25.5 Å². The topological polar surface area (TPSA) is 0 Å². The van der Waals surface area contributed by atoms with Gasteiger partial charge in [-0.1, -0.05) is 42.5 Å². The molecule has 0 spiro atoms. The summed E-state index contributed by atoms with van der Waals surface area (Å²) in [6, 6.07) is 10.9. The number of nitrogens with zero attached hydrogens (tertiary/aromatic N) is 1. The molecule has 1 heteroatoms. The standard InChI is InChI=1S/C16H24N/c1-6-16(15-10-8-7-9-11-15)17(4,5)13-12-14(2)3/h6-12,16H,1,13H2,2-5H3/q+1. The molecule has 0 heterocycles. The highest BCUT2D eigenvalue weighted by Gasteiger charge is 2.25. The monoisotopic (exact) mass is 230 g/mol. The molecule has 0 amide bonds. The molecule has 1 nitrogen and oxygen atoms in total. The molecule has 1 atom stereocenters. The number of allylic oxidation sites excluding steroid dienone is 1. The molecule has 0 N–H and O–H groups in total. The smallest absolute Gasteiger partial charge is 0.133 e. The first-order valence-electron chi connectivity index (χ1n) is 6.11. The Morgan fingerprint density at radius 2 is 1.82 bits per heavy atom. The van der Waals surface area contributed by atoms with E-state index in [0.717, 1.165) is 11.0 Å². The Morgan fingerprint density at radius 3 is 2.29 bits per heavy atom. The minimum absolute atomic E-state index is 0.340. The highest BCUT2D eigenvalue weighted by Crippen LogP contribution is 2.26. The third-order valence-electron chi connectivity index (χ3n) is 3.09. The van der Waals surface area contributed by atoms with E-state index >= 15 is 0 Å². The highest BCUT2D eigenvalue weighted by atomic mass is 15.3. The van der Waals surface area contributed by atoms with Gasteiger partial charge in [0.25, 0.3) is 0 Å². The maximum absolute atomic E-state index is 3.99. The average molecular weight is 230 g/mol. The van der Waals surface area contributed by atoms with Gasteiger partial charge in [0, 0.05) is 5.56 Å². The zero-order valence-corrected chi connectivity index (χ0v) is 11.5. The van der Waals surface area contributed by atoms with Crippen molar-refractivity contribution < 1.29 is 4.48 Å². The SMILES string of the molecule is C=CC(c1ccccc1)[N+](C)(C)CC=C(C)C. The van der Waals surface area contributed by atoms with E-state index in [9.17, 15) is 0 Å². The summed E-state index contributed by atoms with van der Waals surface area (Å²) in [6.07, 6.45) is 4.34. The van der Waals surface area contributed by atoms with Gasteiger partial charge >= 0.3 is 0 Å². The van der Waals surface area contributed by atoms with Crippen LogP contribution in [-0.4, -0.2) is 25.1 Å². The van der Waals surface area contributed by atoms with Crippen LogP contribution in [0.15, 0.2) is 54.6 Å². The van der Waals surface area contributed by atoms with E-state index in [1.54, 1.807) is 0 Å². The molecule has 0 saturated carbocycles. The molecule has 0 aliphatic heterocycles. The Bertz CT molecular complexity index is 383. The van der Waals surface area contributed by atoms with Crippen molar-refractivity contribution in [3.63, 3.8) is 0 Å². The first-order chi connectivity index (χ1) is 7.97. The summed E-state index contributed by atoms with van der Waals surface area (Å²) in [6.45, 7) is 9.30. The number of likely N-dealkylation sites (N-methyl/N-ethyl adjacent to an activating group) is 1. The van der Waals surface area contributed by atoms with Crippen LogP contribution in [0.25, 0.3) is 0 Å². The van der Waals surface area contributed by atoms with Crippen LogP contribution in [-0.2, 0) is 0 Å². The average Bonchev–Trinajstić information content (AvgIpc) is 2.29. The minimum Gasteiger partial charge on any atom is -0.316 e. The van der Waals surface area contributed by atoms with E-state index in [-0.39, 0.29) is 0 Å². The van der Waals surface area contributed by atoms with Gasteiger partial charge in [0.05, 0.1) is 20.6 Å². The molecule has 1 aromatic rings. The second-order valence-electron chi connectivity index (χ2n) is 5.33. The second kappa shape index (κ2) is 5.83. The van der Waals surface area contributed by atoms with E-state index in [0.29, 0.717) is 6.04 Å². The van der Waals surface area contributed by atoms with Gasteiger partial charge in [-0.3, -0.25) is 0 Å². The van der Waals surface area contributed by atoms with Crippen LogP contribution in [0, 0.1) is 0 Å². The van der Waals surface area contributed by atoms with E-state index in [4.69, 9.17) is 0 Å². The molecule has 0 aliphatic carbocycles. The van der Waals surface area contributed by atoms with Crippen molar-refractivity contribution in [2.75, 3.05) is 20.6 Å². The fourth-order valence-electron chi connectivity index (χ4n) is 2.01. The van der Waals surface area contributed by atoms with Crippen molar-refractivity contribution in [1.82, 2.24) is 0 Å². The Hall–Kier alpha value is -1.34. The number of benzene rings is 1. The first-order valence-corrected chi connectivity index (χ1v) is 6.11. The molecule has 0 fully saturated rings. The second-order valence-corrected chi connectivity index (χ2v) is 5.33. The van der Waals surface area contributed by atoms with E-state index in [1.807, 2.05) is 6.08 Å². The molecular formula is C16H24N+. The molecule has 17 heavy (non-hydrogen) atoms. The van der Waals surface area contributed by atoms with Gasteiger partial charge < -0.3 is 4.48 Å². The van der Waals surface area contributed by atoms with Crippen molar-refractivity contribution in [2.45, 2.75) is 19.9 Å². The lowest BCUT2D eigenvalue weighted by molar-refractivity contribution is -0.908. The number of rotatable bonds is 5. The molecular weight excluding hydrogens is 206 g/mol. The summed E-state index contributed by atoms with van der Waals surface area (Å²) >= 11 is 0. The zero-order chi connectivity index (χ0) is 12.9. The Balaban J connectivity index is 2.94. The third-order valence-corrected chi connectivity index (χ3v) is 3.09. The summed E-state index contributed by atoms with van der Waals surface area (Å²) in [7, 11) is 4.50. The normalized spacial score (nSPS) is 12.9. The van der Waals surface area contributed by atoms with E-state index in [2.05, 4.69) is 70.9 Å². The largest absolute Gasteiger partial charge is 0.316 e. The summed E-state index contributed by atoms with van der Waals surface area (Å²) < 4.78 is 0.901. The quantitative estimate of drug-likeness (QED) is 0.530. The molecule has 1 aromatic carbocycles. The van der Waals surface area contributed by atoms with Gasteiger partial charge in [-0.2, -0.15) is 0 Å². The van der Waals surface area contributed by atoms with E-state index in [1.165, 1.54) is 11.1 Å². The molecule has 0 aliphatic rings. The Morgan fingerprint density at radius 1 is 1.24 bits per heavy atom. The highest BCUT2D eigenvalue weighted by molar-refractivity contribution is 5.20. The molecule has 1 unspecified atom stereocenters. The van der Waals surface area contributed by atoms with Crippen molar-refractivity contribution in [3.8, 4) is 0 Å². The summed E-state index contributed by atoms with van der Waals surface area (Å²) in [5.41, 5.74) is 2.70. The van der Waals surface area contributed by atoms with Gasteiger partial charge in [0.2, 0.25) is 0 Å². The molecule has 0 saturated heterocycles. The van der Waals surface area contributed by atoms with Crippen LogP contribution in [0.4, 0.5) is 0 Å². The summed E-state index contributed by atoms with van der Waals surface area (Å²) in [4.78, 5) is 0. The lowest BCUT2D eigenvalue weighted by Gasteiger charge is -2.36. The first kappa shape index (κ1) is 13.7. The molecule has 92 valence electrons. The maximum atomic E-state index is 3.99. The molecule has 1 rings (SSSR count). The predicted molar refractivity (Wildman–Crippen MR) is 75.8 cm³/mol. The van der Waals surface area contributed by atoms with Crippen LogP contribution >= 0.6 is 0 Å². The third kappa shape index (κ3) is 3.86. The lowest BCUT2D eigenvalue weighted by atomic mass is 10.0. The number of quaternary nitrogens is 1. The van der Waals surface area contributed by atoms with Crippen molar-refractivity contribution >= 4 is 0 Å². The van der Waals surface area contributed by atoms with Gasteiger partial charge in [0.1, 0.15) is 6.04 Å². The van der Waals surface area contributed by atoms with Crippen LogP contribution in [0.3, 0.4) is 0 Å². The Kier molecular flexibility index (Phi) is 4.71. The predicted octanol–water partition coefficient (Wildman–Crippen LogP) is 3.96. The van der Waals surface area contributed by atoms with Crippen molar-refractivity contribution in [3.05, 3.63) is 60.2 Å². The van der Waals surface area contributed by atoms with Gasteiger partial charge in [-0.25, -0.2) is 0 Å². The fraction of sp³-hybridized carbons (Fsp3) is 0.375. The molecule has 0 radical (unpaired) electrons. The number of hydrogen-bond donors (Lipinski definition) is 0. The van der Waals surface area contributed by atoms with E-state index < -0.39 is 0 Å². The van der Waals surface area contributed by atoms with Gasteiger partial charge in [-0.15, -0.1) is 0 Å². The number of hydrogen-bond acceptors (Lipinski definition) is 0. The Labute approximate surface area is 106 Å². The maximum Gasteiger partial charge on any atom is 0.133 e. The summed E-state index contributed by atoms with van der Waals surface area (Å²) in [5, 5.41) is 0. The minimum atomic E-state index is 0.340. The molecule has 0 aromatic heterocycles. The van der Waals surface area contributed by atoms with Crippen molar-refractivity contribution in [2.24, 2.45) is 0 Å². The van der Waals surface area contributed by atoms with Crippen LogP contribution in [0.5, 0.6) is 0 Å². The zero-order valence-electron chi connectivity index (χ0n) is 11.5. The van der Waals surface area contributed by atoms with Crippen molar-refractivity contribution in [1.29, 1.82) is 0 Å². The van der Waals surface area contributed by atoms with Crippen LogP contribution < -0.4 is 0 Å². The van der Waals surface area contributed by atoms with Crippen LogP contribution in [0.2, 0.25) is 0 Å². The molecule has 0 bridgehead atoms. The van der Waals surface area contributed by atoms with Gasteiger partial charge in [-0.05, 0) is 26.0 Å². The fourth-order valence-corrected chi connectivity index (χ4v) is 2.01. The summed E-state index contributed by atoms with van der Waals surface area (Å²) in [5.74, 6) is 0.